The first kappa shape index (κ1) is 17.4. The second-order valence-electron chi connectivity index (χ2n) is 4.80. The summed E-state index contributed by atoms with van der Waals surface area (Å²) in [6.45, 7) is 7.05. The first-order valence-corrected chi connectivity index (χ1v) is 7.16. The highest BCUT2D eigenvalue weighted by Gasteiger charge is 2.04. The molecule has 0 spiro atoms. The zero-order chi connectivity index (χ0) is 15.5. The van der Waals surface area contributed by atoms with E-state index in [-0.39, 0.29) is 5.69 Å². The Morgan fingerprint density at radius 2 is 1.71 bits per heavy atom. The van der Waals surface area contributed by atoms with E-state index in [1.807, 2.05) is 0 Å². The van der Waals surface area contributed by atoms with Crippen molar-refractivity contribution in [2.45, 2.75) is 20.3 Å². The first-order chi connectivity index (χ1) is 10.1. The largest absolute Gasteiger partial charge is 0.491 e. The lowest BCUT2D eigenvalue weighted by Crippen LogP contribution is -2.13. The molecule has 0 aromatic heterocycles. The van der Waals surface area contributed by atoms with E-state index in [1.54, 1.807) is 12.1 Å². The van der Waals surface area contributed by atoms with Gasteiger partial charge in [0.15, 0.2) is 0 Å². The molecule has 6 heteroatoms. The number of rotatable bonds is 11. The van der Waals surface area contributed by atoms with Crippen molar-refractivity contribution in [3.8, 4) is 5.75 Å². The number of ether oxygens (including phenoxy) is 3. The van der Waals surface area contributed by atoms with Crippen molar-refractivity contribution in [1.82, 2.24) is 0 Å². The predicted molar refractivity (Wildman–Crippen MR) is 79.7 cm³/mol. The Morgan fingerprint density at radius 3 is 2.33 bits per heavy atom. The summed E-state index contributed by atoms with van der Waals surface area (Å²) in [5.41, 5.74) is 0.0528. The summed E-state index contributed by atoms with van der Waals surface area (Å²) in [5.74, 6) is 1.17. The molecule has 0 amide bonds. The number of hydrogen-bond donors (Lipinski definition) is 0. The van der Waals surface area contributed by atoms with Crippen LogP contribution in [0.25, 0.3) is 0 Å². The number of nitrogens with zero attached hydrogens (tertiary/aromatic N) is 1. The molecule has 21 heavy (non-hydrogen) atoms. The van der Waals surface area contributed by atoms with Crippen LogP contribution in [-0.2, 0) is 9.47 Å². The van der Waals surface area contributed by atoms with Crippen molar-refractivity contribution in [3.05, 3.63) is 34.4 Å². The summed E-state index contributed by atoms with van der Waals surface area (Å²) in [7, 11) is 0. The molecular weight excluding hydrogens is 274 g/mol. The van der Waals surface area contributed by atoms with Crippen LogP contribution in [0.2, 0.25) is 0 Å². The maximum Gasteiger partial charge on any atom is 0.269 e. The van der Waals surface area contributed by atoms with E-state index in [0.717, 1.165) is 13.0 Å². The molecule has 0 radical (unpaired) electrons. The lowest BCUT2D eigenvalue weighted by atomic mass is 10.1. The van der Waals surface area contributed by atoms with Gasteiger partial charge < -0.3 is 14.2 Å². The normalized spacial score (nSPS) is 12.1. The lowest BCUT2D eigenvalue weighted by Gasteiger charge is -2.10. The summed E-state index contributed by atoms with van der Waals surface area (Å²) in [4.78, 5) is 10.1. The quantitative estimate of drug-likeness (QED) is 0.356. The van der Waals surface area contributed by atoms with Gasteiger partial charge in [0.25, 0.3) is 5.69 Å². The minimum Gasteiger partial charge on any atom is -0.491 e. The van der Waals surface area contributed by atoms with Gasteiger partial charge in [0.05, 0.1) is 24.7 Å². The van der Waals surface area contributed by atoms with Crippen molar-refractivity contribution < 1.29 is 19.1 Å². The highest BCUT2D eigenvalue weighted by molar-refractivity contribution is 5.35. The summed E-state index contributed by atoms with van der Waals surface area (Å²) in [5, 5.41) is 10.5. The summed E-state index contributed by atoms with van der Waals surface area (Å²) >= 11 is 0. The summed E-state index contributed by atoms with van der Waals surface area (Å²) in [6, 6.07) is 5.98. The third kappa shape index (κ3) is 7.63. The molecule has 6 nitrogen and oxygen atoms in total. The molecule has 118 valence electrons. The zero-order valence-electron chi connectivity index (χ0n) is 12.6. The van der Waals surface area contributed by atoms with Crippen molar-refractivity contribution in [1.29, 1.82) is 0 Å². The van der Waals surface area contributed by atoms with Gasteiger partial charge in [0, 0.05) is 18.7 Å². The average molecular weight is 297 g/mol. The number of hydrogen-bond acceptors (Lipinski definition) is 5. The smallest absolute Gasteiger partial charge is 0.269 e. The molecule has 0 bridgehead atoms. The Bertz CT molecular complexity index is 407. The number of nitro benzene ring substituents is 1. The number of benzene rings is 1. The van der Waals surface area contributed by atoms with Gasteiger partial charge in [0.1, 0.15) is 12.4 Å². The predicted octanol–water partition coefficient (Wildman–Crippen LogP) is 3.05. The number of non-ortho nitro benzene ring substituents is 1. The number of nitro groups is 1. The second kappa shape index (κ2) is 10.1. The van der Waals surface area contributed by atoms with E-state index in [2.05, 4.69) is 13.8 Å². The Hall–Kier alpha value is -1.66. The van der Waals surface area contributed by atoms with Crippen LogP contribution >= 0.6 is 0 Å². The molecule has 1 aromatic rings. The molecule has 0 aliphatic carbocycles. The highest BCUT2D eigenvalue weighted by Crippen LogP contribution is 2.16. The maximum absolute atomic E-state index is 10.5. The molecule has 0 N–H and O–H groups in total. The Balaban J connectivity index is 2.02. The van der Waals surface area contributed by atoms with E-state index < -0.39 is 4.92 Å². The van der Waals surface area contributed by atoms with Crippen LogP contribution in [0.4, 0.5) is 5.69 Å². The molecule has 0 saturated carbocycles. The van der Waals surface area contributed by atoms with Gasteiger partial charge in [-0.2, -0.15) is 0 Å². The fraction of sp³-hybridized carbons (Fsp3) is 0.600. The Kier molecular flexibility index (Phi) is 8.38. The maximum atomic E-state index is 10.5. The molecule has 1 aromatic carbocycles. The standard InChI is InChI=1S/C15H23NO5/c1-3-13(2)12-20-9-8-19-10-11-21-15-6-4-14(5-7-15)16(17)18/h4-7,13H,3,8-12H2,1-2H3. The van der Waals surface area contributed by atoms with E-state index in [9.17, 15) is 10.1 Å². The SMILES string of the molecule is CCC(C)COCCOCCOc1ccc([N+](=O)[O-])cc1. The van der Waals surface area contributed by atoms with E-state index in [1.165, 1.54) is 12.1 Å². The fourth-order valence-corrected chi connectivity index (χ4v) is 1.50. The van der Waals surface area contributed by atoms with Gasteiger partial charge in [-0.05, 0) is 18.1 Å². The third-order valence-corrected chi connectivity index (χ3v) is 3.02. The highest BCUT2D eigenvalue weighted by atomic mass is 16.6. The molecule has 0 fully saturated rings. The van der Waals surface area contributed by atoms with Crippen LogP contribution < -0.4 is 4.74 Å². The molecular formula is C15H23NO5. The van der Waals surface area contributed by atoms with Gasteiger partial charge in [-0.3, -0.25) is 10.1 Å². The Morgan fingerprint density at radius 1 is 1.10 bits per heavy atom. The molecule has 1 rings (SSSR count). The minimum absolute atomic E-state index is 0.0528. The van der Waals surface area contributed by atoms with E-state index in [0.29, 0.717) is 38.1 Å². The van der Waals surface area contributed by atoms with Gasteiger partial charge in [-0.25, -0.2) is 0 Å². The molecule has 1 atom stereocenters. The molecule has 0 saturated heterocycles. The van der Waals surface area contributed by atoms with Gasteiger partial charge in [-0.15, -0.1) is 0 Å². The monoisotopic (exact) mass is 297 g/mol. The molecule has 0 aliphatic rings. The lowest BCUT2D eigenvalue weighted by molar-refractivity contribution is -0.384. The molecule has 0 aliphatic heterocycles. The van der Waals surface area contributed by atoms with Crippen LogP contribution in [0.15, 0.2) is 24.3 Å². The van der Waals surface area contributed by atoms with Crippen molar-refractivity contribution in [3.63, 3.8) is 0 Å². The van der Waals surface area contributed by atoms with Crippen molar-refractivity contribution in [2.75, 3.05) is 33.0 Å². The fourth-order valence-electron chi connectivity index (χ4n) is 1.50. The van der Waals surface area contributed by atoms with Crippen LogP contribution in [0, 0.1) is 16.0 Å². The average Bonchev–Trinajstić information content (AvgIpc) is 2.50. The van der Waals surface area contributed by atoms with Gasteiger partial charge in [-0.1, -0.05) is 20.3 Å². The van der Waals surface area contributed by atoms with Crippen LogP contribution in [0.3, 0.4) is 0 Å². The van der Waals surface area contributed by atoms with Gasteiger partial charge >= 0.3 is 0 Å². The van der Waals surface area contributed by atoms with Crippen molar-refractivity contribution in [2.24, 2.45) is 5.92 Å². The Labute approximate surface area is 125 Å². The summed E-state index contributed by atoms with van der Waals surface area (Å²) < 4.78 is 16.2. The molecule has 0 heterocycles. The second-order valence-corrected chi connectivity index (χ2v) is 4.80. The zero-order valence-corrected chi connectivity index (χ0v) is 12.6. The van der Waals surface area contributed by atoms with Crippen LogP contribution in [0.1, 0.15) is 20.3 Å². The van der Waals surface area contributed by atoms with E-state index in [4.69, 9.17) is 14.2 Å². The van der Waals surface area contributed by atoms with E-state index >= 15 is 0 Å². The van der Waals surface area contributed by atoms with Gasteiger partial charge in [0.2, 0.25) is 0 Å². The first-order valence-electron chi connectivity index (χ1n) is 7.16. The van der Waals surface area contributed by atoms with Crippen molar-refractivity contribution >= 4 is 5.69 Å². The third-order valence-electron chi connectivity index (χ3n) is 3.02. The van der Waals surface area contributed by atoms with Crippen LogP contribution in [-0.4, -0.2) is 38.0 Å². The summed E-state index contributed by atoms with van der Waals surface area (Å²) in [6.07, 6.45) is 1.12. The molecule has 1 unspecified atom stereocenters. The minimum atomic E-state index is -0.438. The van der Waals surface area contributed by atoms with Crippen LogP contribution in [0.5, 0.6) is 5.75 Å². The topological polar surface area (TPSA) is 70.8 Å².